The molecule has 128 valence electrons. The highest BCUT2D eigenvalue weighted by molar-refractivity contribution is 8.03. The van der Waals surface area contributed by atoms with Gasteiger partial charge in [0.25, 0.3) is 0 Å². The largest absolute Gasteiger partial charge is 0.481 e. The van der Waals surface area contributed by atoms with Crippen molar-refractivity contribution in [2.24, 2.45) is 0 Å². The van der Waals surface area contributed by atoms with Crippen LogP contribution in [0.25, 0.3) is 0 Å². The van der Waals surface area contributed by atoms with E-state index < -0.39 is 12.2 Å². The summed E-state index contributed by atoms with van der Waals surface area (Å²) in [5.41, 5.74) is 1.66. The van der Waals surface area contributed by atoms with E-state index in [0.29, 0.717) is 11.7 Å². The van der Waals surface area contributed by atoms with Crippen LogP contribution in [0.2, 0.25) is 0 Å². The Morgan fingerprint density at radius 2 is 2.17 bits per heavy atom. The normalized spacial score (nSPS) is 20.2. The van der Waals surface area contributed by atoms with Gasteiger partial charge in [0.2, 0.25) is 12.2 Å². The molecule has 0 saturated heterocycles. The first-order chi connectivity index (χ1) is 11.5. The van der Waals surface area contributed by atoms with Crippen molar-refractivity contribution in [3.05, 3.63) is 40.4 Å². The monoisotopic (exact) mass is 348 g/mol. The number of carboxylic acid groups (broad SMARTS) is 1. The third-order valence-corrected chi connectivity index (χ3v) is 4.93. The van der Waals surface area contributed by atoms with E-state index in [4.69, 9.17) is 4.74 Å². The molecule has 1 aromatic heterocycles. The van der Waals surface area contributed by atoms with Crippen molar-refractivity contribution in [2.75, 3.05) is 31.8 Å². The van der Waals surface area contributed by atoms with Crippen LogP contribution in [0.3, 0.4) is 0 Å². The van der Waals surface area contributed by atoms with Gasteiger partial charge in [-0.05, 0) is 6.42 Å². The fourth-order valence-corrected chi connectivity index (χ4v) is 3.81. The molecule has 0 saturated carbocycles. The zero-order chi connectivity index (χ0) is 17.3. The van der Waals surface area contributed by atoms with Crippen LogP contribution in [-0.4, -0.2) is 52.8 Å². The highest BCUT2D eigenvalue weighted by Crippen LogP contribution is 2.44. The molecule has 0 radical (unpaired) electrons. The summed E-state index contributed by atoms with van der Waals surface area (Å²) in [4.78, 5) is 24.7. The van der Waals surface area contributed by atoms with Gasteiger partial charge in [-0.15, -0.1) is 11.8 Å². The molecule has 0 aromatic carbocycles. The Kier molecular flexibility index (Phi) is 4.66. The van der Waals surface area contributed by atoms with Gasteiger partial charge in [-0.1, -0.05) is 6.08 Å². The van der Waals surface area contributed by atoms with Gasteiger partial charge in [0.15, 0.2) is 0 Å². The number of likely N-dealkylation sites (N-methyl/N-ethyl adjacent to an activating group) is 1. The van der Waals surface area contributed by atoms with Crippen LogP contribution in [0.4, 0.5) is 5.95 Å². The third kappa shape index (κ3) is 3.19. The van der Waals surface area contributed by atoms with Gasteiger partial charge in [-0.2, -0.15) is 0 Å². The fourth-order valence-electron chi connectivity index (χ4n) is 2.72. The zero-order valence-corrected chi connectivity index (χ0v) is 14.7. The van der Waals surface area contributed by atoms with E-state index in [9.17, 15) is 9.90 Å². The third-order valence-electron chi connectivity index (χ3n) is 3.82. The van der Waals surface area contributed by atoms with Crippen molar-refractivity contribution >= 4 is 23.7 Å². The lowest BCUT2D eigenvalue weighted by Gasteiger charge is -2.23. The number of aromatic nitrogens is 2. The molecule has 7 nitrogen and oxygen atoms in total. The number of thioether (sulfide) groups is 1. The lowest BCUT2D eigenvalue weighted by molar-refractivity contribution is -0.137. The lowest BCUT2D eigenvalue weighted by Crippen LogP contribution is -2.21. The van der Waals surface area contributed by atoms with Crippen LogP contribution in [-0.2, 0) is 9.53 Å². The molecule has 24 heavy (non-hydrogen) atoms. The Morgan fingerprint density at radius 3 is 2.71 bits per heavy atom. The van der Waals surface area contributed by atoms with Gasteiger partial charge in [0.1, 0.15) is 12.2 Å². The summed E-state index contributed by atoms with van der Waals surface area (Å²) in [6.07, 6.45) is 6.03. The molecule has 1 aromatic rings. The van der Waals surface area contributed by atoms with Gasteiger partial charge in [0.05, 0.1) is 11.3 Å². The van der Waals surface area contributed by atoms with Gasteiger partial charge in [-0.25, -0.2) is 9.97 Å². The Morgan fingerprint density at radius 1 is 1.46 bits per heavy atom. The molecule has 8 heteroatoms. The maximum Gasteiger partial charge on any atom is 0.311 e. The first kappa shape index (κ1) is 16.6. The number of allylic oxidation sites excluding steroid dienone is 1. The van der Waals surface area contributed by atoms with Crippen LogP contribution >= 0.6 is 11.8 Å². The van der Waals surface area contributed by atoms with E-state index >= 15 is 0 Å². The van der Waals surface area contributed by atoms with Crippen molar-refractivity contribution in [2.45, 2.75) is 19.1 Å². The SMILES string of the molecule is CN(C)c1ncc(C2OC(CC(=O)O)=C(C3=CCCS3)N2C)cn1. The van der Waals surface area contributed by atoms with E-state index in [2.05, 4.69) is 16.0 Å². The number of nitrogens with zero attached hydrogens (tertiary/aromatic N) is 4. The van der Waals surface area contributed by atoms with Crippen LogP contribution < -0.4 is 4.90 Å². The average Bonchev–Trinajstić information content (AvgIpc) is 3.15. The fraction of sp³-hybridized carbons (Fsp3) is 0.438. The summed E-state index contributed by atoms with van der Waals surface area (Å²) in [6, 6.07) is 0. The highest BCUT2D eigenvalue weighted by Gasteiger charge is 2.35. The number of ether oxygens (including phenoxy) is 1. The van der Waals surface area contributed by atoms with Crippen LogP contribution in [0.15, 0.2) is 34.8 Å². The molecular weight excluding hydrogens is 328 g/mol. The Balaban J connectivity index is 1.88. The molecule has 0 bridgehead atoms. The van der Waals surface area contributed by atoms with Crippen LogP contribution in [0.5, 0.6) is 0 Å². The molecular formula is C16H20N4O3S. The minimum absolute atomic E-state index is 0.134. The van der Waals surface area contributed by atoms with E-state index in [-0.39, 0.29) is 6.42 Å². The summed E-state index contributed by atoms with van der Waals surface area (Å²) in [5, 5.41) is 9.19. The number of hydrogen-bond donors (Lipinski definition) is 1. The number of carboxylic acids is 1. The van der Waals surface area contributed by atoms with Crippen molar-refractivity contribution in [1.82, 2.24) is 14.9 Å². The molecule has 0 fully saturated rings. The zero-order valence-electron chi connectivity index (χ0n) is 13.9. The van der Waals surface area contributed by atoms with Crippen molar-refractivity contribution in [3.63, 3.8) is 0 Å². The average molecular weight is 348 g/mol. The number of anilines is 1. The summed E-state index contributed by atoms with van der Waals surface area (Å²) >= 11 is 1.73. The minimum Gasteiger partial charge on any atom is -0.481 e. The Hall–Kier alpha value is -2.22. The van der Waals surface area contributed by atoms with Gasteiger partial charge >= 0.3 is 5.97 Å². The topological polar surface area (TPSA) is 78.8 Å². The number of rotatable bonds is 5. The maximum atomic E-state index is 11.2. The Labute approximate surface area is 145 Å². The molecule has 0 aliphatic carbocycles. The van der Waals surface area contributed by atoms with Crippen LogP contribution in [0, 0.1) is 0 Å². The summed E-state index contributed by atoms with van der Waals surface area (Å²) in [7, 11) is 5.66. The van der Waals surface area contributed by atoms with Crippen LogP contribution in [0.1, 0.15) is 24.6 Å². The predicted molar refractivity (Wildman–Crippen MR) is 92.4 cm³/mol. The maximum absolute atomic E-state index is 11.2. The molecule has 3 rings (SSSR count). The summed E-state index contributed by atoms with van der Waals surface area (Å²) < 4.78 is 5.97. The first-order valence-corrected chi connectivity index (χ1v) is 8.63. The molecule has 2 aliphatic heterocycles. The molecule has 3 heterocycles. The van der Waals surface area contributed by atoms with Crippen molar-refractivity contribution in [3.8, 4) is 0 Å². The van der Waals surface area contributed by atoms with Crippen molar-refractivity contribution in [1.29, 1.82) is 0 Å². The number of hydrogen-bond acceptors (Lipinski definition) is 7. The standard InChI is InChI=1S/C16H20N4O3S/c1-19(2)16-17-8-10(9-18-16)15-20(3)14(12-5-4-6-24-12)11(23-15)7-13(21)22/h5,8-9,15H,4,6-7H2,1-3H3,(H,21,22). The van der Waals surface area contributed by atoms with Gasteiger partial charge < -0.3 is 19.6 Å². The van der Waals surface area contributed by atoms with E-state index in [1.165, 1.54) is 0 Å². The van der Waals surface area contributed by atoms with Gasteiger partial charge in [0, 0.05) is 44.2 Å². The molecule has 1 atom stereocenters. The summed E-state index contributed by atoms with van der Waals surface area (Å²) in [6.45, 7) is 0. The molecule has 2 aliphatic rings. The van der Waals surface area contributed by atoms with E-state index in [0.717, 1.165) is 28.3 Å². The molecule has 1 N–H and O–H groups in total. The second-order valence-electron chi connectivity index (χ2n) is 5.84. The molecule has 0 spiro atoms. The smallest absolute Gasteiger partial charge is 0.311 e. The van der Waals surface area contributed by atoms with Crippen molar-refractivity contribution < 1.29 is 14.6 Å². The molecule has 0 amide bonds. The molecule has 1 unspecified atom stereocenters. The van der Waals surface area contributed by atoms with E-state index in [1.807, 2.05) is 30.9 Å². The first-order valence-electron chi connectivity index (χ1n) is 7.64. The second kappa shape index (κ2) is 6.72. The quantitative estimate of drug-likeness (QED) is 0.868. The minimum atomic E-state index is -0.903. The summed E-state index contributed by atoms with van der Waals surface area (Å²) in [5.74, 6) is 1.22. The van der Waals surface area contributed by atoms with Gasteiger partial charge in [-0.3, -0.25) is 4.79 Å². The second-order valence-corrected chi connectivity index (χ2v) is 6.98. The number of aliphatic carboxylic acids is 1. The lowest BCUT2D eigenvalue weighted by atomic mass is 10.2. The highest BCUT2D eigenvalue weighted by atomic mass is 32.2. The van der Waals surface area contributed by atoms with E-state index in [1.54, 1.807) is 24.2 Å². The number of carbonyl (C=O) groups is 1. The Bertz CT molecular complexity index is 700. The predicted octanol–water partition coefficient (Wildman–Crippen LogP) is 2.21.